The third-order valence-corrected chi connectivity index (χ3v) is 2.53. The zero-order valence-corrected chi connectivity index (χ0v) is 8.63. The van der Waals surface area contributed by atoms with E-state index in [0.29, 0.717) is 9.99 Å². The summed E-state index contributed by atoms with van der Waals surface area (Å²) in [6.07, 6.45) is 0. The number of hydrogen-bond donors (Lipinski definition) is 0. The van der Waals surface area contributed by atoms with Gasteiger partial charge in [-0.3, -0.25) is 4.98 Å². The quantitative estimate of drug-likeness (QED) is 0.705. The molecule has 2 aromatic rings. The second-order valence-electron chi connectivity index (χ2n) is 2.90. The van der Waals surface area contributed by atoms with Crippen molar-refractivity contribution < 1.29 is 5.11 Å². The van der Waals surface area contributed by atoms with Gasteiger partial charge in [-0.25, -0.2) is 0 Å². The van der Waals surface area contributed by atoms with E-state index in [9.17, 15) is 5.11 Å². The molecule has 0 atom stereocenters. The van der Waals surface area contributed by atoms with Crippen molar-refractivity contribution in [3.63, 3.8) is 0 Å². The van der Waals surface area contributed by atoms with Crippen molar-refractivity contribution in [2.24, 2.45) is 0 Å². The molecule has 0 saturated carbocycles. The summed E-state index contributed by atoms with van der Waals surface area (Å²) in [5.41, 5.74) is 1.40. The van der Waals surface area contributed by atoms with Gasteiger partial charge in [0.05, 0.1) is 5.52 Å². The molecule has 0 radical (unpaired) electrons. The minimum Gasteiger partial charge on any atom is -0.870 e. The molecule has 66 valence electrons. The zero-order chi connectivity index (χ0) is 9.42. The van der Waals surface area contributed by atoms with Crippen molar-refractivity contribution >= 4 is 26.8 Å². The van der Waals surface area contributed by atoms with Crippen LogP contribution in [0.15, 0.2) is 28.7 Å². The molecule has 3 heteroatoms. The molecule has 1 aromatic carbocycles. The summed E-state index contributed by atoms with van der Waals surface area (Å²) in [6.45, 7) is 1.87. The molecule has 0 aliphatic heterocycles. The normalized spacial score (nSPS) is 10.6. The Morgan fingerprint density at radius 1 is 1.23 bits per heavy atom. The van der Waals surface area contributed by atoms with Gasteiger partial charge in [0.1, 0.15) is 0 Å². The molecular weight excluding hydrogens is 230 g/mol. The maximum atomic E-state index is 11.6. The first-order chi connectivity index (χ1) is 6.18. The zero-order valence-electron chi connectivity index (χ0n) is 7.04. The molecule has 0 N–H and O–H groups in total. The van der Waals surface area contributed by atoms with Crippen molar-refractivity contribution in [1.29, 1.82) is 0 Å². The van der Waals surface area contributed by atoms with E-state index >= 15 is 0 Å². The van der Waals surface area contributed by atoms with Crippen LogP contribution in [0.4, 0.5) is 0 Å². The van der Waals surface area contributed by atoms with Gasteiger partial charge in [-0.15, -0.1) is 0 Å². The summed E-state index contributed by atoms with van der Waals surface area (Å²) in [7, 11) is 0. The fraction of sp³-hybridized carbons (Fsp3) is 0.100. The maximum Gasteiger partial charge on any atom is 0.0638 e. The number of halogens is 1. The number of rotatable bonds is 0. The van der Waals surface area contributed by atoms with Crippen molar-refractivity contribution in [2.75, 3.05) is 0 Å². The Balaban J connectivity index is 2.89. The summed E-state index contributed by atoms with van der Waals surface area (Å²) in [5, 5.41) is 12.5. The highest BCUT2D eigenvalue weighted by atomic mass is 79.9. The van der Waals surface area contributed by atoms with E-state index in [1.165, 1.54) is 0 Å². The largest absolute Gasteiger partial charge is 0.870 e. The van der Waals surface area contributed by atoms with Crippen molar-refractivity contribution in [2.45, 2.75) is 6.92 Å². The van der Waals surface area contributed by atoms with E-state index in [1.54, 1.807) is 6.07 Å². The number of benzene rings is 1. The average molecular weight is 237 g/mol. The lowest BCUT2D eigenvalue weighted by Crippen LogP contribution is -1.95. The Morgan fingerprint density at radius 3 is 2.69 bits per heavy atom. The SMILES string of the molecule is Cc1ccc2ccc(Br)c([O-])c2n1. The molecule has 1 aromatic heterocycles. The number of hydrogen-bond acceptors (Lipinski definition) is 2. The maximum absolute atomic E-state index is 11.6. The highest BCUT2D eigenvalue weighted by Crippen LogP contribution is 2.28. The van der Waals surface area contributed by atoms with E-state index < -0.39 is 0 Å². The van der Waals surface area contributed by atoms with Gasteiger partial charge >= 0.3 is 0 Å². The first kappa shape index (κ1) is 8.51. The molecule has 0 fully saturated rings. The van der Waals surface area contributed by atoms with Crippen LogP contribution in [0.3, 0.4) is 0 Å². The van der Waals surface area contributed by atoms with E-state index in [0.717, 1.165) is 11.1 Å². The Bertz CT molecular complexity index is 462. The predicted octanol–water partition coefficient (Wildman–Crippen LogP) is 2.38. The van der Waals surface area contributed by atoms with Crippen molar-refractivity contribution in [3.8, 4) is 5.75 Å². The van der Waals surface area contributed by atoms with Crippen LogP contribution in [0.1, 0.15) is 5.69 Å². The van der Waals surface area contributed by atoms with Crippen LogP contribution >= 0.6 is 15.9 Å². The second kappa shape index (κ2) is 3.00. The number of fused-ring (bicyclic) bond motifs is 1. The lowest BCUT2D eigenvalue weighted by atomic mass is 10.2. The molecule has 0 amide bonds. The van der Waals surface area contributed by atoms with E-state index in [-0.39, 0.29) is 5.75 Å². The molecule has 2 nitrogen and oxygen atoms in total. The minimum atomic E-state index is -0.0406. The first-order valence-corrected chi connectivity index (χ1v) is 4.70. The van der Waals surface area contributed by atoms with Crippen molar-refractivity contribution in [1.82, 2.24) is 4.98 Å². The summed E-state index contributed by atoms with van der Waals surface area (Å²) in [5.74, 6) is -0.0406. The van der Waals surface area contributed by atoms with Gasteiger partial charge in [0.15, 0.2) is 0 Å². The monoisotopic (exact) mass is 236 g/mol. The smallest absolute Gasteiger partial charge is 0.0638 e. The Morgan fingerprint density at radius 2 is 1.92 bits per heavy atom. The minimum absolute atomic E-state index is 0.0406. The number of pyridine rings is 1. The molecule has 0 aliphatic rings. The standard InChI is InChI=1S/C10H8BrNO/c1-6-2-3-7-4-5-8(11)10(13)9(7)12-6/h2-5,13H,1H3/p-1. The summed E-state index contributed by atoms with van der Waals surface area (Å²) in [4.78, 5) is 4.19. The second-order valence-corrected chi connectivity index (χ2v) is 3.76. The molecule has 0 saturated heterocycles. The number of aryl methyl sites for hydroxylation is 1. The van der Waals surface area contributed by atoms with Gasteiger partial charge in [-0.05, 0) is 24.4 Å². The van der Waals surface area contributed by atoms with Crippen LogP contribution in [-0.4, -0.2) is 4.98 Å². The predicted molar refractivity (Wildman–Crippen MR) is 53.6 cm³/mol. The van der Waals surface area contributed by atoms with Crippen LogP contribution < -0.4 is 5.11 Å². The van der Waals surface area contributed by atoms with Gasteiger partial charge in [-0.1, -0.05) is 33.8 Å². The van der Waals surface area contributed by atoms with Gasteiger partial charge < -0.3 is 5.11 Å². The van der Waals surface area contributed by atoms with Crippen LogP contribution in [0.2, 0.25) is 0 Å². The molecule has 1 heterocycles. The highest BCUT2D eigenvalue weighted by molar-refractivity contribution is 9.10. The third-order valence-electron chi connectivity index (χ3n) is 1.91. The van der Waals surface area contributed by atoms with E-state index in [2.05, 4.69) is 20.9 Å². The molecule has 2 rings (SSSR count). The lowest BCUT2D eigenvalue weighted by Gasteiger charge is -2.11. The lowest BCUT2D eigenvalue weighted by molar-refractivity contribution is -0.267. The number of nitrogens with zero attached hydrogens (tertiary/aromatic N) is 1. The van der Waals surface area contributed by atoms with E-state index in [1.807, 2.05) is 25.1 Å². The fourth-order valence-electron chi connectivity index (χ4n) is 1.24. The topological polar surface area (TPSA) is 36.0 Å². The molecule has 0 unspecified atom stereocenters. The van der Waals surface area contributed by atoms with Crippen LogP contribution in [0, 0.1) is 6.92 Å². The summed E-state index contributed by atoms with van der Waals surface area (Å²) >= 11 is 3.19. The average Bonchev–Trinajstić information content (AvgIpc) is 2.12. The molecule has 0 bridgehead atoms. The molecule has 0 aliphatic carbocycles. The Hall–Kier alpha value is -1.09. The van der Waals surface area contributed by atoms with Gasteiger partial charge in [0, 0.05) is 10.2 Å². The Labute approximate surface area is 84.4 Å². The molecule has 13 heavy (non-hydrogen) atoms. The molecule has 0 spiro atoms. The Kier molecular flexibility index (Phi) is 1.96. The highest BCUT2D eigenvalue weighted by Gasteiger charge is 1.98. The van der Waals surface area contributed by atoms with Gasteiger partial charge in [0.25, 0.3) is 0 Å². The summed E-state index contributed by atoms with van der Waals surface area (Å²) in [6, 6.07) is 7.44. The summed E-state index contributed by atoms with van der Waals surface area (Å²) < 4.78 is 0.568. The van der Waals surface area contributed by atoms with Gasteiger partial charge in [-0.2, -0.15) is 0 Å². The van der Waals surface area contributed by atoms with Crippen LogP contribution in [0.5, 0.6) is 5.75 Å². The van der Waals surface area contributed by atoms with Crippen LogP contribution in [-0.2, 0) is 0 Å². The third kappa shape index (κ3) is 1.40. The fourth-order valence-corrected chi connectivity index (χ4v) is 1.56. The van der Waals surface area contributed by atoms with Gasteiger partial charge in [0.2, 0.25) is 0 Å². The first-order valence-electron chi connectivity index (χ1n) is 3.91. The van der Waals surface area contributed by atoms with Crippen molar-refractivity contribution in [3.05, 3.63) is 34.4 Å². The van der Waals surface area contributed by atoms with E-state index in [4.69, 9.17) is 0 Å². The molecular formula is C10H7BrNO-. The van der Waals surface area contributed by atoms with Crippen LogP contribution in [0.25, 0.3) is 10.9 Å². The number of aromatic nitrogens is 1.